The second-order valence-corrected chi connectivity index (χ2v) is 5.56. The minimum atomic E-state index is -0.115. The summed E-state index contributed by atoms with van der Waals surface area (Å²) in [5, 5.41) is 3.89. The third kappa shape index (κ3) is 4.32. The van der Waals surface area contributed by atoms with Gasteiger partial charge >= 0.3 is 0 Å². The first kappa shape index (κ1) is 16.0. The van der Waals surface area contributed by atoms with E-state index in [1.54, 1.807) is 6.20 Å². The van der Waals surface area contributed by atoms with Gasteiger partial charge in [0.1, 0.15) is 11.3 Å². The van der Waals surface area contributed by atoms with Crippen molar-refractivity contribution in [1.29, 1.82) is 0 Å². The van der Waals surface area contributed by atoms with Gasteiger partial charge in [-0.1, -0.05) is 48.5 Å². The van der Waals surface area contributed by atoms with Crippen molar-refractivity contribution in [2.45, 2.75) is 12.8 Å². The maximum Gasteiger partial charge on any atom is 0.257 e. The minimum absolute atomic E-state index is 0.00102. The summed E-state index contributed by atoms with van der Waals surface area (Å²) in [6.07, 6.45) is 3.58. The third-order valence-electron chi connectivity index (χ3n) is 3.76. The Hall–Kier alpha value is -2.88. The summed E-state index contributed by atoms with van der Waals surface area (Å²) in [7, 11) is 0. The summed E-state index contributed by atoms with van der Waals surface area (Å²) < 4.78 is 5.62. The molecule has 3 aromatic rings. The first-order valence-electron chi connectivity index (χ1n) is 8.10. The van der Waals surface area contributed by atoms with Gasteiger partial charge in [-0.05, 0) is 30.5 Å². The van der Waals surface area contributed by atoms with Crippen LogP contribution in [0, 0.1) is 0 Å². The molecule has 122 valence electrons. The molecule has 1 aromatic heterocycles. The SMILES string of the molecule is O=C(COc1cccc2cccnc12)NCCCc1ccccc1. The molecule has 1 N–H and O–H groups in total. The molecule has 0 atom stereocenters. The van der Waals surface area contributed by atoms with Gasteiger partial charge < -0.3 is 10.1 Å². The van der Waals surface area contributed by atoms with Crippen molar-refractivity contribution in [2.24, 2.45) is 0 Å². The van der Waals surface area contributed by atoms with Crippen molar-refractivity contribution in [3.8, 4) is 5.75 Å². The summed E-state index contributed by atoms with van der Waals surface area (Å²) in [6.45, 7) is 0.645. The van der Waals surface area contributed by atoms with Crippen LogP contribution in [-0.2, 0) is 11.2 Å². The molecular weight excluding hydrogens is 300 g/mol. The monoisotopic (exact) mass is 320 g/mol. The quantitative estimate of drug-likeness (QED) is 0.679. The molecule has 2 aromatic carbocycles. The molecule has 24 heavy (non-hydrogen) atoms. The highest BCUT2D eigenvalue weighted by Crippen LogP contribution is 2.22. The van der Waals surface area contributed by atoms with Crippen LogP contribution >= 0.6 is 0 Å². The number of ether oxygens (including phenoxy) is 1. The Bertz CT molecular complexity index is 798. The lowest BCUT2D eigenvalue weighted by molar-refractivity contribution is -0.123. The zero-order valence-corrected chi connectivity index (χ0v) is 13.4. The van der Waals surface area contributed by atoms with E-state index in [0.717, 1.165) is 23.7 Å². The number of hydrogen-bond acceptors (Lipinski definition) is 3. The average Bonchev–Trinajstić information content (AvgIpc) is 2.64. The number of pyridine rings is 1. The number of aromatic nitrogens is 1. The summed E-state index contributed by atoms with van der Waals surface area (Å²) >= 11 is 0. The maximum atomic E-state index is 11.9. The van der Waals surface area contributed by atoms with Gasteiger partial charge in [0, 0.05) is 18.1 Å². The molecule has 1 heterocycles. The number of rotatable bonds is 7. The molecule has 0 saturated carbocycles. The highest BCUT2D eigenvalue weighted by Gasteiger charge is 2.06. The van der Waals surface area contributed by atoms with E-state index < -0.39 is 0 Å². The van der Waals surface area contributed by atoms with Crippen molar-refractivity contribution in [2.75, 3.05) is 13.2 Å². The van der Waals surface area contributed by atoms with Crippen LogP contribution in [0.1, 0.15) is 12.0 Å². The molecular formula is C20H20N2O2. The number of para-hydroxylation sites is 1. The lowest BCUT2D eigenvalue weighted by atomic mass is 10.1. The Morgan fingerprint density at radius 1 is 1.00 bits per heavy atom. The molecule has 0 radical (unpaired) electrons. The fraction of sp³-hybridized carbons (Fsp3) is 0.200. The van der Waals surface area contributed by atoms with Crippen LogP contribution in [0.15, 0.2) is 66.9 Å². The normalized spacial score (nSPS) is 10.5. The van der Waals surface area contributed by atoms with E-state index >= 15 is 0 Å². The van der Waals surface area contributed by atoms with Crippen LogP contribution in [0.4, 0.5) is 0 Å². The lowest BCUT2D eigenvalue weighted by Crippen LogP contribution is -2.29. The summed E-state index contributed by atoms with van der Waals surface area (Å²) in [6, 6.07) is 19.8. The maximum absolute atomic E-state index is 11.9. The number of aryl methyl sites for hydroxylation is 1. The molecule has 0 aliphatic heterocycles. The zero-order valence-electron chi connectivity index (χ0n) is 13.4. The molecule has 4 nitrogen and oxygen atoms in total. The second-order valence-electron chi connectivity index (χ2n) is 5.56. The minimum Gasteiger partial charge on any atom is -0.481 e. The van der Waals surface area contributed by atoms with E-state index in [4.69, 9.17) is 4.74 Å². The van der Waals surface area contributed by atoms with Gasteiger partial charge in [-0.15, -0.1) is 0 Å². The van der Waals surface area contributed by atoms with Gasteiger partial charge in [0.25, 0.3) is 5.91 Å². The van der Waals surface area contributed by atoms with Crippen LogP contribution in [-0.4, -0.2) is 24.0 Å². The Kier molecular flexibility index (Phi) is 5.40. The smallest absolute Gasteiger partial charge is 0.257 e. The van der Waals surface area contributed by atoms with Crippen LogP contribution in [0.5, 0.6) is 5.75 Å². The Morgan fingerprint density at radius 3 is 2.71 bits per heavy atom. The Balaban J connectivity index is 1.44. The van der Waals surface area contributed by atoms with E-state index in [1.165, 1.54) is 5.56 Å². The Labute approximate surface area is 141 Å². The molecule has 0 aliphatic carbocycles. The fourth-order valence-electron chi connectivity index (χ4n) is 2.55. The van der Waals surface area contributed by atoms with Crippen molar-refractivity contribution >= 4 is 16.8 Å². The highest BCUT2D eigenvalue weighted by atomic mass is 16.5. The molecule has 0 unspecified atom stereocenters. The number of carbonyl (C=O) groups is 1. The molecule has 0 spiro atoms. The zero-order chi connectivity index (χ0) is 16.6. The van der Waals surface area contributed by atoms with Crippen molar-refractivity contribution in [3.05, 3.63) is 72.4 Å². The van der Waals surface area contributed by atoms with Crippen molar-refractivity contribution in [3.63, 3.8) is 0 Å². The van der Waals surface area contributed by atoms with E-state index in [0.29, 0.717) is 12.3 Å². The predicted octanol–water partition coefficient (Wildman–Crippen LogP) is 3.36. The number of hydrogen-bond donors (Lipinski definition) is 1. The Morgan fingerprint density at radius 2 is 1.83 bits per heavy atom. The topological polar surface area (TPSA) is 51.2 Å². The molecule has 0 aliphatic rings. The lowest BCUT2D eigenvalue weighted by Gasteiger charge is -2.09. The van der Waals surface area contributed by atoms with Gasteiger partial charge in [0.2, 0.25) is 0 Å². The van der Waals surface area contributed by atoms with Gasteiger partial charge in [-0.2, -0.15) is 0 Å². The number of nitrogens with one attached hydrogen (secondary N) is 1. The number of fused-ring (bicyclic) bond motifs is 1. The van der Waals surface area contributed by atoms with Crippen LogP contribution < -0.4 is 10.1 Å². The number of benzene rings is 2. The largest absolute Gasteiger partial charge is 0.481 e. The summed E-state index contributed by atoms with van der Waals surface area (Å²) in [5.74, 6) is 0.517. The molecule has 0 bridgehead atoms. The summed E-state index contributed by atoms with van der Waals surface area (Å²) in [5.41, 5.74) is 2.06. The first-order valence-corrected chi connectivity index (χ1v) is 8.10. The van der Waals surface area contributed by atoms with Crippen molar-refractivity contribution < 1.29 is 9.53 Å². The predicted molar refractivity (Wildman–Crippen MR) is 95.0 cm³/mol. The van der Waals surface area contributed by atoms with Crippen molar-refractivity contribution in [1.82, 2.24) is 10.3 Å². The van der Waals surface area contributed by atoms with E-state index in [-0.39, 0.29) is 12.5 Å². The fourth-order valence-corrected chi connectivity index (χ4v) is 2.55. The van der Waals surface area contributed by atoms with Crippen LogP contribution in [0.3, 0.4) is 0 Å². The molecule has 1 amide bonds. The van der Waals surface area contributed by atoms with Gasteiger partial charge in [0.05, 0.1) is 0 Å². The van der Waals surface area contributed by atoms with Crippen LogP contribution in [0.2, 0.25) is 0 Å². The van der Waals surface area contributed by atoms with E-state index in [1.807, 2.05) is 48.5 Å². The number of carbonyl (C=O) groups excluding carboxylic acids is 1. The molecule has 0 fully saturated rings. The third-order valence-corrected chi connectivity index (χ3v) is 3.76. The van der Waals surface area contributed by atoms with E-state index in [9.17, 15) is 4.79 Å². The molecule has 3 rings (SSSR count). The average molecular weight is 320 g/mol. The van der Waals surface area contributed by atoms with Gasteiger partial charge in [0.15, 0.2) is 6.61 Å². The standard InChI is InChI=1S/C20H20N2O2/c23-19(21-13-5-9-16-7-2-1-3-8-16)15-24-18-12-4-10-17-11-6-14-22-20(17)18/h1-4,6-8,10-12,14H,5,9,13,15H2,(H,21,23). The van der Waals surface area contributed by atoms with Gasteiger partial charge in [-0.3, -0.25) is 9.78 Å². The van der Waals surface area contributed by atoms with E-state index in [2.05, 4.69) is 22.4 Å². The van der Waals surface area contributed by atoms with Crippen LogP contribution in [0.25, 0.3) is 10.9 Å². The van der Waals surface area contributed by atoms with Gasteiger partial charge in [-0.25, -0.2) is 0 Å². The molecule has 4 heteroatoms. The molecule has 0 saturated heterocycles. The summed E-state index contributed by atoms with van der Waals surface area (Å²) in [4.78, 5) is 16.2. The second kappa shape index (κ2) is 8.11. The first-order chi connectivity index (χ1) is 11.8. The highest BCUT2D eigenvalue weighted by molar-refractivity contribution is 5.85. The number of amides is 1. The number of nitrogens with zero attached hydrogens (tertiary/aromatic N) is 1.